The quantitative estimate of drug-likeness (QED) is 0.788. The Labute approximate surface area is 100 Å². The lowest BCUT2D eigenvalue weighted by Crippen LogP contribution is -2.07. The Balaban J connectivity index is 2.69. The van der Waals surface area contributed by atoms with E-state index in [1.54, 1.807) is 12.1 Å². The number of nitrogens with one attached hydrogen (secondary N) is 1. The molecule has 1 aromatic heterocycles. The molecule has 2 rings (SSSR count). The van der Waals surface area contributed by atoms with Gasteiger partial charge in [0.25, 0.3) is 0 Å². The fraction of sp³-hybridized carbons (Fsp3) is 0.214. The summed E-state index contributed by atoms with van der Waals surface area (Å²) in [6.07, 6.45) is 0. The molecule has 17 heavy (non-hydrogen) atoms. The van der Waals surface area contributed by atoms with E-state index in [9.17, 15) is 4.79 Å². The highest BCUT2D eigenvalue weighted by atomic mass is 16.1. The molecule has 0 aliphatic heterocycles. The summed E-state index contributed by atoms with van der Waals surface area (Å²) in [6, 6.07) is 7.47. The zero-order chi connectivity index (χ0) is 12.6. The summed E-state index contributed by atoms with van der Waals surface area (Å²) in [5.41, 5.74) is 11.1. The molecule has 0 spiro atoms. The minimum absolute atomic E-state index is 0.169. The number of aryl methyl sites for hydroxylation is 1. The van der Waals surface area contributed by atoms with Crippen LogP contribution in [0.4, 0.5) is 5.82 Å². The molecule has 0 fully saturated rings. The van der Waals surface area contributed by atoms with E-state index in [4.69, 9.17) is 5.73 Å². The number of hydrogen-bond donors (Lipinski definition) is 2. The summed E-state index contributed by atoms with van der Waals surface area (Å²) in [5, 5.41) is 0. The van der Waals surface area contributed by atoms with E-state index in [0.29, 0.717) is 5.82 Å². The number of aromatic nitrogens is 1. The van der Waals surface area contributed by atoms with Crippen LogP contribution in [0.15, 0.2) is 29.1 Å². The molecule has 3 N–H and O–H groups in total. The first-order valence-corrected chi connectivity index (χ1v) is 5.56. The number of aromatic amines is 1. The van der Waals surface area contributed by atoms with Crippen LogP contribution in [0.25, 0.3) is 11.1 Å². The van der Waals surface area contributed by atoms with Crippen molar-refractivity contribution in [1.29, 1.82) is 0 Å². The van der Waals surface area contributed by atoms with E-state index in [1.165, 1.54) is 16.7 Å². The summed E-state index contributed by atoms with van der Waals surface area (Å²) in [7, 11) is 0. The number of hydrogen-bond acceptors (Lipinski definition) is 2. The maximum Gasteiger partial charge on any atom is 0.250 e. The third kappa shape index (κ3) is 2.09. The SMILES string of the molecule is Cc1ccc(-c2cc(N)[nH]c(=O)c2)c(C)c1C. The molecule has 0 aliphatic rings. The van der Waals surface area contributed by atoms with Crippen molar-refractivity contribution in [3.63, 3.8) is 0 Å². The molecule has 1 heterocycles. The second-order valence-corrected chi connectivity index (χ2v) is 4.37. The molecular formula is C14H16N2O. The van der Waals surface area contributed by atoms with Crippen LogP contribution in [0.1, 0.15) is 16.7 Å². The number of nitrogens with two attached hydrogens (primary N) is 1. The van der Waals surface area contributed by atoms with E-state index in [2.05, 4.69) is 31.8 Å². The molecule has 1 aromatic carbocycles. The predicted octanol–water partition coefficient (Wildman–Crippen LogP) is 2.55. The first-order chi connectivity index (χ1) is 7.99. The smallest absolute Gasteiger partial charge is 0.250 e. The van der Waals surface area contributed by atoms with Crippen LogP contribution < -0.4 is 11.3 Å². The Bertz CT molecular complexity index is 627. The van der Waals surface area contributed by atoms with Crippen molar-refractivity contribution in [3.8, 4) is 11.1 Å². The van der Waals surface area contributed by atoms with E-state index in [1.807, 2.05) is 6.07 Å². The van der Waals surface area contributed by atoms with E-state index >= 15 is 0 Å². The standard InChI is InChI=1S/C14H16N2O/c1-8-4-5-12(10(3)9(8)2)11-6-13(15)16-14(17)7-11/h4-7H,1-3H3,(H3,15,16,17). The van der Waals surface area contributed by atoms with Crippen LogP contribution in [0.3, 0.4) is 0 Å². The second-order valence-electron chi connectivity index (χ2n) is 4.37. The van der Waals surface area contributed by atoms with Gasteiger partial charge in [-0.3, -0.25) is 4.79 Å². The van der Waals surface area contributed by atoms with Crippen molar-refractivity contribution < 1.29 is 0 Å². The van der Waals surface area contributed by atoms with Gasteiger partial charge < -0.3 is 10.7 Å². The van der Waals surface area contributed by atoms with Crippen LogP contribution in [-0.4, -0.2) is 4.98 Å². The first-order valence-electron chi connectivity index (χ1n) is 5.56. The topological polar surface area (TPSA) is 58.9 Å². The zero-order valence-corrected chi connectivity index (χ0v) is 10.3. The van der Waals surface area contributed by atoms with Gasteiger partial charge in [0.05, 0.1) is 0 Å². The maximum absolute atomic E-state index is 11.4. The van der Waals surface area contributed by atoms with Crippen molar-refractivity contribution in [2.24, 2.45) is 0 Å². The lowest BCUT2D eigenvalue weighted by molar-refractivity contribution is 1.23. The number of benzene rings is 1. The first kappa shape index (κ1) is 11.5. The summed E-state index contributed by atoms with van der Waals surface area (Å²) >= 11 is 0. The second kappa shape index (κ2) is 4.09. The number of rotatable bonds is 1. The Morgan fingerprint density at radius 2 is 1.76 bits per heavy atom. The van der Waals surface area contributed by atoms with Gasteiger partial charge >= 0.3 is 0 Å². The minimum atomic E-state index is -0.169. The van der Waals surface area contributed by atoms with Gasteiger partial charge in [0.2, 0.25) is 5.56 Å². The molecular weight excluding hydrogens is 212 g/mol. The van der Waals surface area contributed by atoms with Gasteiger partial charge in [-0.1, -0.05) is 12.1 Å². The molecule has 0 unspecified atom stereocenters. The molecule has 0 saturated carbocycles. The average molecular weight is 228 g/mol. The maximum atomic E-state index is 11.4. The van der Waals surface area contributed by atoms with Crippen molar-refractivity contribution in [2.45, 2.75) is 20.8 Å². The van der Waals surface area contributed by atoms with Crippen LogP contribution in [0.2, 0.25) is 0 Å². The largest absolute Gasteiger partial charge is 0.385 e. The summed E-state index contributed by atoms with van der Waals surface area (Å²) in [5.74, 6) is 0.394. The highest BCUT2D eigenvalue weighted by Crippen LogP contribution is 2.26. The number of pyridine rings is 1. The van der Waals surface area contributed by atoms with E-state index in [0.717, 1.165) is 11.1 Å². The number of nitrogen functional groups attached to an aromatic ring is 1. The normalized spacial score (nSPS) is 10.5. The fourth-order valence-corrected chi connectivity index (χ4v) is 1.99. The molecule has 0 amide bonds. The van der Waals surface area contributed by atoms with Crippen molar-refractivity contribution in [2.75, 3.05) is 5.73 Å². The predicted molar refractivity (Wildman–Crippen MR) is 71.1 cm³/mol. The van der Waals surface area contributed by atoms with Gasteiger partial charge in [-0.2, -0.15) is 0 Å². The summed E-state index contributed by atoms with van der Waals surface area (Å²) < 4.78 is 0. The highest BCUT2D eigenvalue weighted by Gasteiger charge is 2.07. The third-order valence-corrected chi connectivity index (χ3v) is 3.23. The molecule has 0 radical (unpaired) electrons. The van der Waals surface area contributed by atoms with Crippen LogP contribution in [0.5, 0.6) is 0 Å². The molecule has 0 bridgehead atoms. The minimum Gasteiger partial charge on any atom is -0.385 e. The molecule has 88 valence electrons. The summed E-state index contributed by atoms with van der Waals surface area (Å²) in [6.45, 7) is 6.23. The molecule has 0 atom stereocenters. The number of H-pyrrole nitrogens is 1. The molecule has 0 aliphatic carbocycles. The monoisotopic (exact) mass is 228 g/mol. The van der Waals surface area contributed by atoms with Crippen molar-refractivity contribution in [1.82, 2.24) is 4.98 Å². The van der Waals surface area contributed by atoms with E-state index < -0.39 is 0 Å². The fourth-order valence-electron chi connectivity index (χ4n) is 1.99. The van der Waals surface area contributed by atoms with Gasteiger partial charge in [0, 0.05) is 6.07 Å². The van der Waals surface area contributed by atoms with E-state index in [-0.39, 0.29) is 5.56 Å². The van der Waals surface area contributed by atoms with Gasteiger partial charge in [0.15, 0.2) is 0 Å². The highest BCUT2D eigenvalue weighted by molar-refractivity contribution is 5.70. The van der Waals surface area contributed by atoms with Crippen LogP contribution >= 0.6 is 0 Å². The third-order valence-electron chi connectivity index (χ3n) is 3.23. The number of anilines is 1. The van der Waals surface area contributed by atoms with Crippen LogP contribution in [0, 0.1) is 20.8 Å². The van der Waals surface area contributed by atoms with Gasteiger partial charge in [-0.15, -0.1) is 0 Å². The van der Waals surface area contributed by atoms with Gasteiger partial charge in [-0.05, 0) is 54.7 Å². The Morgan fingerprint density at radius 1 is 1.06 bits per heavy atom. The van der Waals surface area contributed by atoms with Crippen LogP contribution in [-0.2, 0) is 0 Å². The molecule has 3 heteroatoms. The van der Waals surface area contributed by atoms with Gasteiger partial charge in [0.1, 0.15) is 5.82 Å². The van der Waals surface area contributed by atoms with Gasteiger partial charge in [-0.25, -0.2) is 0 Å². The molecule has 0 saturated heterocycles. The Kier molecular flexibility index (Phi) is 2.76. The Morgan fingerprint density at radius 3 is 2.41 bits per heavy atom. The lowest BCUT2D eigenvalue weighted by atomic mass is 9.94. The van der Waals surface area contributed by atoms with Crippen molar-refractivity contribution >= 4 is 5.82 Å². The average Bonchev–Trinajstić information content (AvgIpc) is 2.24. The molecule has 2 aromatic rings. The lowest BCUT2D eigenvalue weighted by Gasteiger charge is -2.11. The Hall–Kier alpha value is -2.03. The zero-order valence-electron chi connectivity index (χ0n) is 10.3. The molecule has 3 nitrogen and oxygen atoms in total. The summed E-state index contributed by atoms with van der Waals surface area (Å²) in [4.78, 5) is 14.0. The van der Waals surface area contributed by atoms with Crippen molar-refractivity contribution in [3.05, 3.63) is 51.3 Å².